The van der Waals surface area contributed by atoms with E-state index >= 15 is 0 Å². The zero-order valence-corrected chi connectivity index (χ0v) is 11.9. The SMILES string of the molecule is Cc1cccc(NC(CN)c2cccc(C)c2C)c1. The predicted molar refractivity (Wildman–Crippen MR) is 82.5 cm³/mol. The van der Waals surface area contributed by atoms with Crippen molar-refractivity contribution in [2.75, 3.05) is 11.9 Å². The van der Waals surface area contributed by atoms with Crippen LogP contribution >= 0.6 is 0 Å². The van der Waals surface area contributed by atoms with Crippen LogP contribution in [0.4, 0.5) is 5.69 Å². The molecule has 0 fully saturated rings. The number of hydrogen-bond donors (Lipinski definition) is 2. The number of hydrogen-bond acceptors (Lipinski definition) is 2. The maximum atomic E-state index is 5.95. The summed E-state index contributed by atoms with van der Waals surface area (Å²) in [7, 11) is 0. The van der Waals surface area contributed by atoms with Gasteiger partial charge in [-0.25, -0.2) is 0 Å². The average Bonchev–Trinajstić information content (AvgIpc) is 2.40. The topological polar surface area (TPSA) is 38.0 Å². The van der Waals surface area contributed by atoms with Gasteiger partial charge in [-0.2, -0.15) is 0 Å². The molecule has 0 bridgehead atoms. The summed E-state index contributed by atoms with van der Waals surface area (Å²) >= 11 is 0. The van der Waals surface area contributed by atoms with Crippen molar-refractivity contribution in [1.82, 2.24) is 0 Å². The molecule has 0 saturated carbocycles. The molecule has 1 atom stereocenters. The van der Waals surface area contributed by atoms with Crippen molar-refractivity contribution in [3.8, 4) is 0 Å². The van der Waals surface area contributed by atoms with E-state index in [1.54, 1.807) is 0 Å². The zero-order chi connectivity index (χ0) is 13.8. The van der Waals surface area contributed by atoms with Gasteiger partial charge < -0.3 is 11.1 Å². The summed E-state index contributed by atoms with van der Waals surface area (Å²) in [6, 6.07) is 14.9. The van der Waals surface area contributed by atoms with Gasteiger partial charge in [0.2, 0.25) is 0 Å². The van der Waals surface area contributed by atoms with Crippen LogP contribution in [0, 0.1) is 20.8 Å². The average molecular weight is 254 g/mol. The lowest BCUT2D eigenvalue weighted by Crippen LogP contribution is -2.21. The Hall–Kier alpha value is -1.80. The van der Waals surface area contributed by atoms with Crippen molar-refractivity contribution in [2.24, 2.45) is 5.73 Å². The Labute approximate surface area is 115 Å². The van der Waals surface area contributed by atoms with Gasteiger partial charge in [-0.05, 0) is 55.2 Å². The molecule has 2 aromatic carbocycles. The van der Waals surface area contributed by atoms with E-state index in [2.05, 4.69) is 68.6 Å². The van der Waals surface area contributed by atoms with Crippen LogP contribution in [0.1, 0.15) is 28.3 Å². The Kier molecular flexibility index (Phi) is 4.23. The third-order valence-corrected chi connectivity index (χ3v) is 3.62. The summed E-state index contributed by atoms with van der Waals surface area (Å²) in [5, 5.41) is 3.53. The Balaban J connectivity index is 2.28. The molecule has 0 aromatic heterocycles. The Morgan fingerprint density at radius 3 is 2.47 bits per heavy atom. The van der Waals surface area contributed by atoms with Crippen molar-refractivity contribution in [1.29, 1.82) is 0 Å². The number of nitrogens with one attached hydrogen (secondary N) is 1. The normalized spacial score (nSPS) is 12.2. The standard InChI is InChI=1S/C17H22N2/c1-12-6-4-8-15(10-12)19-17(11-18)16-9-5-7-13(2)14(16)3/h4-10,17,19H,11,18H2,1-3H3. The van der Waals surface area contributed by atoms with Crippen LogP contribution in [-0.2, 0) is 0 Å². The van der Waals surface area contributed by atoms with E-state index in [0.29, 0.717) is 6.54 Å². The molecule has 0 heterocycles. The van der Waals surface area contributed by atoms with Gasteiger partial charge in [-0.1, -0.05) is 30.3 Å². The number of aryl methyl sites for hydroxylation is 2. The molecule has 2 aromatic rings. The largest absolute Gasteiger partial charge is 0.377 e. The van der Waals surface area contributed by atoms with Crippen LogP contribution < -0.4 is 11.1 Å². The quantitative estimate of drug-likeness (QED) is 0.872. The van der Waals surface area contributed by atoms with E-state index in [9.17, 15) is 0 Å². The molecule has 0 amide bonds. The van der Waals surface area contributed by atoms with Crippen LogP contribution in [0.3, 0.4) is 0 Å². The van der Waals surface area contributed by atoms with E-state index in [1.807, 2.05) is 0 Å². The maximum Gasteiger partial charge on any atom is 0.0638 e. The molecule has 100 valence electrons. The molecular formula is C17H22N2. The monoisotopic (exact) mass is 254 g/mol. The van der Waals surface area contributed by atoms with Gasteiger partial charge in [0.05, 0.1) is 6.04 Å². The number of anilines is 1. The Morgan fingerprint density at radius 1 is 1.05 bits per heavy atom. The van der Waals surface area contributed by atoms with Gasteiger partial charge in [-0.15, -0.1) is 0 Å². The van der Waals surface area contributed by atoms with Crippen LogP contribution in [0.15, 0.2) is 42.5 Å². The van der Waals surface area contributed by atoms with Gasteiger partial charge in [0.1, 0.15) is 0 Å². The Morgan fingerprint density at radius 2 is 1.79 bits per heavy atom. The van der Waals surface area contributed by atoms with E-state index in [4.69, 9.17) is 5.73 Å². The molecule has 0 spiro atoms. The summed E-state index contributed by atoms with van der Waals surface area (Å²) < 4.78 is 0. The highest BCUT2D eigenvalue weighted by Gasteiger charge is 2.12. The molecule has 0 saturated heterocycles. The summed E-state index contributed by atoms with van der Waals surface area (Å²) in [6.07, 6.45) is 0. The van der Waals surface area contributed by atoms with Crippen LogP contribution in [-0.4, -0.2) is 6.54 Å². The van der Waals surface area contributed by atoms with Crippen molar-refractivity contribution >= 4 is 5.69 Å². The predicted octanol–water partition coefficient (Wildman–Crippen LogP) is 3.72. The van der Waals surface area contributed by atoms with Crippen LogP contribution in [0.2, 0.25) is 0 Å². The van der Waals surface area contributed by atoms with E-state index in [1.165, 1.54) is 22.3 Å². The molecule has 1 unspecified atom stereocenters. The summed E-state index contributed by atoms with van der Waals surface area (Å²) in [5.74, 6) is 0. The fraction of sp³-hybridized carbons (Fsp3) is 0.294. The number of nitrogens with two attached hydrogens (primary N) is 1. The lowest BCUT2D eigenvalue weighted by Gasteiger charge is -2.21. The third-order valence-electron chi connectivity index (χ3n) is 3.62. The Bertz CT molecular complexity index is 561. The van der Waals surface area contributed by atoms with Gasteiger partial charge in [0.25, 0.3) is 0 Å². The first-order chi connectivity index (χ1) is 9.11. The van der Waals surface area contributed by atoms with Crippen molar-refractivity contribution in [3.05, 3.63) is 64.7 Å². The minimum atomic E-state index is 0.154. The highest BCUT2D eigenvalue weighted by molar-refractivity contribution is 5.49. The highest BCUT2D eigenvalue weighted by atomic mass is 14.9. The van der Waals surface area contributed by atoms with E-state index in [0.717, 1.165) is 5.69 Å². The van der Waals surface area contributed by atoms with E-state index < -0.39 is 0 Å². The molecule has 0 aliphatic carbocycles. The van der Waals surface area contributed by atoms with Gasteiger partial charge >= 0.3 is 0 Å². The molecule has 0 radical (unpaired) electrons. The van der Waals surface area contributed by atoms with E-state index in [-0.39, 0.29) is 6.04 Å². The van der Waals surface area contributed by atoms with Crippen molar-refractivity contribution in [2.45, 2.75) is 26.8 Å². The first-order valence-corrected chi connectivity index (χ1v) is 6.71. The van der Waals surface area contributed by atoms with Crippen molar-refractivity contribution in [3.63, 3.8) is 0 Å². The second kappa shape index (κ2) is 5.89. The number of benzene rings is 2. The van der Waals surface area contributed by atoms with Crippen LogP contribution in [0.25, 0.3) is 0 Å². The molecule has 2 nitrogen and oxygen atoms in total. The van der Waals surface area contributed by atoms with Gasteiger partial charge in [-0.3, -0.25) is 0 Å². The molecule has 19 heavy (non-hydrogen) atoms. The fourth-order valence-corrected chi connectivity index (χ4v) is 2.35. The maximum absolute atomic E-state index is 5.95. The summed E-state index contributed by atoms with van der Waals surface area (Å²) in [4.78, 5) is 0. The number of rotatable bonds is 4. The van der Waals surface area contributed by atoms with Crippen molar-refractivity contribution < 1.29 is 0 Å². The van der Waals surface area contributed by atoms with Gasteiger partial charge in [0, 0.05) is 12.2 Å². The molecular weight excluding hydrogens is 232 g/mol. The van der Waals surface area contributed by atoms with Gasteiger partial charge in [0.15, 0.2) is 0 Å². The zero-order valence-electron chi connectivity index (χ0n) is 11.9. The fourth-order valence-electron chi connectivity index (χ4n) is 2.35. The third kappa shape index (κ3) is 3.15. The summed E-state index contributed by atoms with van der Waals surface area (Å²) in [5.41, 5.74) is 12.2. The second-order valence-corrected chi connectivity index (χ2v) is 5.09. The molecule has 2 heteroatoms. The highest BCUT2D eigenvalue weighted by Crippen LogP contribution is 2.24. The lowest BCUT2D eigenvalue weighted by molar-refractivity contribution is 0.782. The molecule has 0 aliphatic rings. The molecule has 2 rings (SSSR count). The first-order valence-electron chi connectivity index (χ1n) is 6.71. The minimum Gasteiger partial charge on any atom is -0.377 e. The van der Waals surface area contributed by atoms with Crippen LogP contribution in [0.5, 0.6) is 0 Å². The molecule has 0 aliphatic heterocycles. The minimum absolute atomic E-state index is 0.154. The molecule has 3 N–H and O–H groups in total. The second-order valence-electron chi connectivity index (χ2n) is 5.09. The smallest absolute Gasteiger partial charge is 0.0638 e. The summed E-state index contributed by atoms with van der Waals surface area (Å²) in [6.45, 7) is 6.98. The first kappa shape index (κ1) is 13.6. The lowest BCUT2D eigenvalue weighted by atomic mass is 9.97.